The highest BCUT2D eigenvalue weighted by atomic mass is 15.2. The Morgan fingerprint density at radius 2 is 1.83 bits per heavy atom. The first-order chi connectivity index (χ1) is 8.38. The molecule has 106 valence electrons. The van der Waals surface area contributed by atoms with Crippen LogP contribution in [0, 0.1) is 17.8 Å². The third-order valence-electron chi connectivity index (χ3n) is 4.53. The highest BCUT2D eigenvalue weighted by Gasteiger charge is 2.35. The summed E-state index contributed by atoms with van der Waals surface area (Å²) >= 11 is 0. The van der Waals surface area contributed by atoms with Crippen molar-refractivity contribution in [3.8, 4) is 0 Å². The molecule has 0 bridgehead atoms. The molecule has 1 saturated heterocycles. The molecule has 3 atom stereocenters. The fraction of sp³-hybridized carbons (Fsp3) is 0.882. The molecule has 0 amide bonds. The lowest BCUT2D eigenvalue weighted by atomic mass is 9.75. The number of rotatable bonds is 5. The van der Waals surface area contributed by atoms with E-state index in [1.165, 1.54) is 31.4 Å². The fourth-order valence-corrected chi connectivity index (χ4v) is 3.93. The molecule has 0 radical (unpaired) electrons. The lowest BCUT2D eigenvalue weighted by Crippen LogP contribution is -2.48. The van der Waals surface area contributed by atoms with Crippen LogP contribution in [0.15, 0.2) is 12.3 Å². The Kier molecular flexibility index (Phi) is 5.75. The van der Waals surface area contributed by atoms with Crippen LogP contribution >= 0.6 is 0 Å². The van der Waals surface area contributed by atoms with E-state index in [4.69, 9.17) is 0 Å². The fourth-order valence-electron chi connectivity index (χ4n) is 3.93. The van der Waals surface area contributed by atoms with Crippen LogP contribution in [0.2, 0.25) is 0 Å². The molecular weight excluding hydrogens is 218 g/mol. The molecule has 3 unspecified atom stereocenters. The minimum absolute atomic E-state index is 0.594. The van der Waals surface area contributed by atoms with Crippen LogP contribution in [0.25, 0.3) is 0 Å². The predicted octanol–water partition coefficient (Wildman–Crippen LogP) is 5.08. The summed E-state index contributed by atoms with van der Waals surface area (Å²) in [7, 11) is 0. The van der Waals surface area contributed by atoms with Gasteiger partial charge in [-0.2, -0.15) is 0 Å². The maximum Gasteiger partial charge on any atom is 0.0317 e. The van der Waals surface area contributed by atoms with E-state index in [0.717, 1.165) is 17.8 Å². The maximum atomic E-state index is 4.30. The molecular formula is C17H33N. The molecule has 1 nitrogen and oxygen atoms in total. The highest BCUT2D eigenvalue weighted by molar-refractivity contribution is 5.05. The average Bonchev–Trinajstić information content (AvgIpc) is 2.26. The first-order valence-electron chi connectivity index (χ1n) is 7.84. The largest absolute Gasteiger partial charge is 0.370 e. The quantitative estimate of drug-likeness (QED) is 0.658. The van der Waals surface area contributed by atoms with Crippen LogP contribution in [-0.2, 0) is 0 Å². The number of nitrogens with zero attached hydrogens (tertiary/aromatic N) is 1. The summed E-state index contributed by atoms with van der Waals surface area (Å²) in [4.78, 5) is 2.60. The molecule has 0 aromatic carbocycles. The number of hydrogen-bond donors (Lipinski definition) is 0. The van der Waals surface area contributed by atoms with Gasteiger partial charge in [0.05, 0.1) is 0 Å². The molecule has 1 rings (SSSR count). The van der Waals surface area contributed by atoms with Crippen LogP contribution in [0.4, 0.5) is 0 Å². The second kappa shape index (κ2) is 6.63. The summed E-state index contributed by atoms with van der Waals surface area (Å²) in [5, 5.41) is 0. The molecule has 1 fully saturated rings. The molecule has 1 aliphatic rings. The molecule has 1 aliphatic heterocycles. The molecule has 0 spiro atoms. The van der Waals surface area contributed by atoms with E-state index < -0.39 is 0 Å². The van der Waals surface area contributed by atoms with Crippen molar-refractivity contribution in [1.29, 1.82) is 0 Å². The zero-order valence-corrected chi connectivity index (χ0v) is 13.4. The Labute approximate surface area is 115 Å². The second-order valence-electron chi connectivity index (χ2n) is 6.85. The smallest absolute Gasteiger partial charge is 0.0317 e. The summed E-state index contributed by atoms with van der Waals surface area (Å²) in [6.07, 6.45) is 5.15. The second-order valence-corrected chi connectivity index (χ2v) is 6.85. The van der Waals surface area contributed by atoms with Crippen molar-refractivity contribution in [1.82, 2.24) is 4.90 Å². The van der Waals surface area contributed by atoms with E-state index in [2.05, 4.69) is 53.0 Å². The van der Waals surface area contributed by atoms with Gasteiger partial charge in [0, 0.05) is 17.8 Å². The normalized spacial score (nSPS) is 27.1. The zero-order valence-electron chi connectivity index (χ0n) is 13.4. The first-order valence-corrected chi connectivity index (χ1v) is 7.84. The third-order valence-corrected chi connectivity index (χ3v) is 4.53. The Hall–Kier alpha value is -0.460. The van der Waals surface area contributed by atoms with Crippen LogP contribution in [0.5, 0.6) is 0 Å². The van der Waals surface area contributed by atoms with Crippen molar-refractivity contribution in [2.24, 2.45) is 17.8 Å². The van der Waals surface area contributed by atoms with Crippen molar-refractivity contribution in [2.45, 2.75) is 79.3 Å². The van der Waals surface area contributed by atoms with E-state index >= 15 is 0 Å². The van der Waals surface area contributed by atoms with Crippen molar-refractivity contribution in [3.05, 3.63) is 12.3 Å². The van der Waals surface area contributed by atoms with Crippen molar-refractivity contribution in [2.75, 3.05) is 0 Å². The van der Waals surface area contributed by atoms with E-state index in [9.17, 15) is 0 Å². The topological polar surface area (TPSA) is 3.24 Å². The molecule has 1 heteroatoms. The van der Waals surface area contributed by atoms with E-state index in [1.54, 1.807) is 0 Å². The first kappa shape index (κ1) is 15.6. The standard InChI is InChI=1S/C17H33N/c1-8-17-16(14(6)11-12(2)3)10-9-15(7)18(17)13(4)5/h12-14,16-17H,7-11H2,1-6H3. The maximum absolute atomic E-state index is 4.30. The lowest BCUT2D eigenvalue weighted by molar-refractivity contribution is 0.0672. The van der Waals surface area contributed by atoms with Gasteiger partial charge in [0.1, 0.15) is 0 Å². The van der Waals surface area contributed by atoms with E-state index in [0.29, 0.717) is 12.1 Å². The third kappa shape index (κ3) is 3.52. The van der Waals surface area contributed by atoms with E-state index in [-0.39, 0.29) is 0 Å². The van der Waals surface area contributed by atoms with Crippen LogP contribution < -0.4 is 0 Å². The van der Waals surface area contributed by atoms with Gasteiger partial charge in [0.2, 0.25) is 0 Å². The molecule has 0 N–H and O–H groups in total. The molecule has 1 heterocycles. The van der Waals surface area contributed by atoms with Gasteiger partial charge in [-0.05, 0) is 57.3 Å². The monoisotopic (exact) mass is 251 g/mol. The summed E-state index contributed by atoms with van der Waals surface area (Å²) in [5.41, 5.74) is 1.37. The number of likely N-dealkylation sites (tertiary alicyclic amines) is 1. The van der Waals surface area contributed by atoms with E-state index in [1.807, 2.05) is 0 Å². The number of piperidine rings is 1. The number of allylic oxidation sites excluding steroid dienone is 1. The summed E-state index contributed by atoms with van der Waals surface area (Å²) < 4.78 is 0. The van der Waals surface area contributed by atoms with Crippen LogP contribution in [0.3, 0.4) is 0 Å². The van der Waals surface area contributed by atoms with Gasteiger partial charge in [-0.3, -0.25) is 0 Å². The van der Waals surface area contributed by atoms with Gasteiger partial charge in [-0.15, -0.1) is 0 Å². The Bertz CT molecular complexity index is 267. The Morgan fingerprint density at radius 1 is 1.22 bits per heavy atom. The average molecular weight is 251 g/mol. The van der Waals surface area contributed by atoms with Gasteiger partial charge in [0.25, 0.3) is 0 Å². The molecule has 0 aromatic rings. The van der Waals surface area contributed by atoms with Crippen molar-refractivity contribution in [3.63, 3.8) is 0 Å². The summed E-state index contributed by atoms with van der Waals surface area (Å²) in [6, 6.07) is 1.30. The zero-order chi connectivity index (χ0) is 13.9. The summed E-state index contributed by atoms with van der Waals surface area (Å²) in [6.45, 7) is 18.4. The van der Waals surface area contributed by atoms with Gasteiger partial charge in [-0.1, -0.05) is 34.3 Å². The minimum atomic E-state index is 0.594. The van der Waals surface area contributed by atoms with Crippen molar-refractivity contribution < 1.29 is 0 Å². The van der Waals surface area contributed by atoms with Crippen LogP contribution in [0.1, 0.15) is 67.2 Å². The Balaban J connectivity index is 2.82. The van der Waals surface area contributed by atoms with Gasteiger partial charge < -0.3 is 4.90 Å². The molecule has 0 saturated carbocycles. The van der Waals surface area contributed by atoms with Gasteiger partial charge in [0.15, 0.2) is 0 Å². The van der Waals surface area contributed by atoms with Crippen LogP contribution in [-0.4, -0.2) is 17.0 Å². The predicted molar refractivity (Wildman–Crippen MR) is 81.5 cm³/mol. The summed E-state index contributed by atoms with van der Waals surface area (Å²) in [5.74, 6) is 2.50. The molecule has 0 aromatic heterocycles. The minimum Gasteiger partial charge on any atom is -0.370 e. The lowest BCUT2D eigenvalue weighted by Gasteiger charge is -2.48. The number of hydrogen-bond acceptors (Lipinski definition) is 1. The Morgan fingerprint density at radius 3 is 2.28 bits per heavy atom. The highest BCUT2D eigenvalue weighted by Crippen LogP contribution is 2.39. The SMILES string of the molecule is C=C1CCC(C(C)CC(C)C)C(CC)N1C(C)C. The van der Waals surface area contributed by atoms with Gasteiger partial charge in [-0.25, -0.2) is 0 Å². The molecule has 18 heavy (non-hydrogen) atoms. The molecule has 0 aliphatic carbocycles. The van der Waals surface area contributed by atoms with Gasteiger partial charge >= 0.3 is 0 Å². The van der Waals surface area contributed by atoms with Crippen molar-refractivity contribution >= 4 is 0 Å².